The molecule has 0 radical (unpaired) electrons. The maximum Gasteiger partial charge on any atom is 0.350 e. The third-order valence-corrected chi connectivity index (χ3v) is 2.93. The first-order valence-electron chi connectivity index (χ1n) is 4.44. The molecule has 0 fully saturated rings. The van der Waals surface area contributed by atoms with E-state index in [1.54, 1.807) is 6.07 Å². The number of rotatable bonds is 4. The van der Waals surface area contributed by atoms with Gasteiger partial charge in [-0.3, -0.25) is 0 Å². The van der Waals surface area contributed by atoms with Crippen LogP contribution in [0.4, 0.5) is 5.69 Å². The highest BCUT2D eigenvalue weighted by Gasteiger charge is 2.12. The Hall–Kier alpha value is -2.09. The Labute approximate surface area is 98.3 Å². The first-order valence-corrected chi connectivity index (χ1v) is 5.92. The van der Waals surface area contributed by atoms with Gasteiger partial charge in [-0.1, -0.05) is 6.07 Å². The third-order valence-electron chi connectivity index (χ3n) is 1.71. The highest BCUT2D eigenvalue weighted by atomic mass is 32.2. The fraction of sp³-hybridized carbons (Fsp3) is 0.111. The number of anilines is 1. The van der Waals surface area contributed by atoms with Gasteiger partial charge in [0.05, 0.1) is 12.0 Å². The molecule has 0 amide bonds. The monoisotopic (exact) mass is 257 g/mol. The Bertz CT molecular complexity index is 539. The normalized spacial score (nSPS) is 11.4. The zero-order valence-electron chi connectivity index (χ0n) is 8.95. The van der Waals surface area contributed by atoms with Crippen LogP contribution < -0.4 is 10.6 Å². The molecule has 0 unspecified atom stereocenters. The Morgan fingerprint density at radius 3 is 2.82 bits per heavy atom. The first-order chi connectivity index (χ1) is 7.95. The molecule has 1 rings (SSSR count). The number of hydrogen-bond acceptors (Lipinski definition) is 6. The minimum Gasteiger partial charge on any atom is -0.465 e. The second kappa shape index (κ2) is 5.30. The summed E-state index contributed by atoms with van der Waals surface area (Å²) in [5.74, 6) is -0.764. The predicted octanol–water partition coefficient (Wildman–Crippen LogP) is -0.294. The molecule has 0 heterocycles. The topological polar surface area (TPSA) is 111 Å². The second-order valence-electron chi connectivity index (χ2n) is 2.95. The lowest BCUT2D eigenvalue weighted by atomic mass is 10.3. The largest absolute Gasteiger partial charge is 0.465 e. The van der Waals surface area contributed by atoms with E-state index in [1.165, 1.54) is 18.2 Å². The molecule has 0 spiro atoms. The van der Waals surface area contributed by atoms with Crippen LogP contribution in [-0.2, 0) is 19.6 Å². The second-order valence-corrected chi connectivity index (χ2v) is 4.61. The van der Waals surface area contributed by atoms with E-state index in [-0.39, 0.29) is 4.90 Å². The van der Waals surface area contributed by atoms with Crippen molar-refractivity contribution in [2.45, 2.75) is 4.90 Å². The average molecular weight is 257 g/mol. The zero-order valence-corrected chi connectivity index (χ0v) is 9.77. The van der Waals surface area contributed by atoms with Gasteiger partial charge in [-0.2, -0.15) is 18.4 Å². The number of carbonyl (C=O) groups excluding carboxylic acids is 1. The van der Waals surface area contributed by atoms with E-state index in [0.29, 0.717) is 11.9 Å². The molecular formula is C9H11N3O4S. The molecule has 1 aromatic rings. The molecule has 0 aliphatic rings. The van der Waals surface area contributed by atoms with E-state index >= 15 is 0 Å². The van der Waals surface area contributed by atoms with E-state index in [0.717, 1.165) is 7.11 Å². The van der Waals surface area contributed by atoms with Crippen LogP contribution >= 0.6 is 0 Å². The van der Waals surface area contributed by atoms with Crippen molar-refractivity contribution in [1.82, 2.24) is 4.83 Å². The summed E-state index contributed by atoms with van der Waals surface area (Å²) in [4.78, 5) is 12.5. The number of nitrogen functional groups attached to an aromatic ring is 1. The molecule has 1 aromatic carbocycles. The van der Waals surface area contributed by atoms with Crippen LogP contribution in [0.3, 0.4) is 0 Å². The van der Waals surface area contributed by atoms with Gasteiger partial charge in [0, 0.05) is 5.69 Å². The van der Waals surface area contributed by atoms with Gasteiger partial charge in [-0.05, 0) is 18.2 Å². The van der Waals surface area contributed by atoms with Crippen molar-refractivity contribution in [3.05, 3.63) is 24.3 Å². The number of nitrogens with two attached hydrogens (primary N) is 1. The summed E-state index contributed by atoms with van der Waals surface area (Å²) in [6, 6.07) is 5.67. The molecule has 92 valence electrons. The summed E-state index contributed by atoms with van der Waals surface area (Å²) in [6.07, 6.45) is 0.712. The number of esters is 1. The van der Waals surface area contributed by atoms with Crippen LogP contribution in [-0.4, -0.2) is 27.7 Å². The van der Waals surface area contributed by atoms with E-state index < -0.39 is 16.0 Å². The van der Waals surface area contributed by atoms with Crippen molar-refractivity contribution in [3.63, 3.8) is 0 Å². The number of nitrogens with one attached hydrogen (secondary N) is 1. The fourth-order valence-corrected chi connectivity index (χ4v) is 1.78. The van der Waals surface area contributed by atoms with Crippen molar-refractivity contribution in [1.29, 1.82) is 0 Å². The van der Waals surface area contributed by atoms with Crippen LogP contribution in [0, 0.1) is 0 Å². The highest BCUT2D eigenvalue weighted by Crippen LogP contribution is 2.12. The smallest absolute Gasteiger partial charge is 0.350 e. The molecule has 17 heavy (non-hydrogen) atoms. The molecule has 0 aliphatic heterocycles. The molecule has 0 aromatic heterocycles. The van der Waals surface area contributed by atoms with Gasteiger partial charge < -0.3 is 10.5 Å². The quantitative estimate of drug-likeness (QED) is 0.333. The lowest BCUT2D eigenvalue weighted by Gasteiger charge is -2.03. The van der Waals surface area contributed by atoms with Gasteiger partial charge in [0.25, 0.3) is 10.0 Å². The lowest BCUT2D eigenvalue weighted by Crippen LogP contribution is -2.19. The molecule has 0 bridgehead atoms. The summed E-state index contributed by atoms with van der Waals surface area (Å²) < 4.78 is 27.5. The van der Waals surface area contributed by atoms with E-state index in [2.05, 4.69) is 9.84 Å². The molecule has 3 N–H and O–H groups in total. The van der Waals surface area contributed by atoms with Crippen LogP contribution in [0.1, 0.15) is 0 Å². The minimum atomic E-state index is -3.82. The van der Waals surface area contributed by atoms with Gasteiger partial charge >= 0.3 is 5.97 Å². The Morgan fingerprint density at radius 2 is 2.24 bits per heavy atom. The highest BCUT2D eigenvalue weighted by molar-refractivity contribution is 7.89. The molecule has 0 atom stereocenters. The Morgan fingerprint density at radius 1 is 1.53 bits per heavy atom. The molecule has 0 aliphatic carbocycles. The van der Waals surface area contributed by atoms with Crippen LogP contribution in [0.25, 0.3) is 0 Å². The molecule has 0 saturated carbocycles. The third kappa shape index (κ3) is 3.76. The number of benzene rings is 1. The molecule has 0 saturated heterocycles. The summed E-state index contributed by atoms with van der Waals surface area (Å²) in [6.45, 7) is 0. The van der Waals surface area contributed by atoms with Gasteiger partial charge in [-0.15, -0.1) is 0 Å². The van der Waals surface area contributed by atoms with Crippen LogP contribution in [0.15, 0.2) is 34.3 Å². The number of ether oxygens (including phenoxy) is 1. The maximum absolute atomic E-state index is 11.6. The maximum atomic E-state index is 11.6. The number of hydrazone groups is 1. The summed E-state index contributed by atoms with van der Waals surface area (Å²) >= 11 is 0. The van der Waals surface area contributed by atoms with E-state index in [4.69, 9.17) is 5.73 Å². The zero-order chi connectivity index (χ0) is 12.9. The Balaban J connectivity index is 2.83. The number of nitrogens with zero attached hydrogens (tertiary/aromatic N) is 1. The summed E-state index contributed by atoms with van der Waals surface area (Å²) in [7, 11) is -2.67. The lowest BCUT2D eigenvalue weighted by molar-refractivity contribution is -0.132. The van der Waals surface area contributed by atoms with Gasteiger partial charge in [0.2, 0.25) is 0 Å². The van der Waals surface area contributed by atoms with Gasteiger partial charge in [0.15, 0.2) is 0 Å². The summed E-state index contributed by atoms with van der Waals surface area (Å²) in [5.41, 5.74) is 5.76. The first kappa shape index (κ1) is 13.0. The average Bonchev–Trinajstić information content (AvgIpc) is 2.28. The van der Waals surface area contributed by atoms with Gasteiger partial charge in [-0.25, -0.2) is 4.79 Å². The van der Waals surface area contributed by atoms with E-state index in [1.807, 2.05) is 4.83 Å². The number of hydrogen-bond donors (Lipinski definition) is 2. The van der Waals surface area contributed by atoms with Crippen LogP contribution in [0.2, 0.25) is 0 Å². The number of sulfonamides is 1. The minimum absolute atomic E-state index is 0.0421. The Kier molecular flexibility index (Phi) is 4.05. The number of carbonyl (C=O) groups is 1. The standard InChI is InChI=1S/C9H11N3O4S/c1-16-9(13)6-11-12-17(14,15)8-4-2-3-7(10)5-8/h2-6,12H,10H2,1H3/b11-6+. The predicted molar refractivity (Wildman–Crippen MR) is 61.7 cm³/mol. The van der Waals surface area contributed by atoms with Crippen LogP contribution in [0.5, 0.6) is 0 Å². The molecule has 7 nitrogen and oxygen atoms in total. The fourth-order valence-electron chi connectivity index (χ4n) is 0.936. The van der Waals surface area contributed by atoms with Crippen molar-refractivity contribution in [2.75, 3.05) is 12.8 Å². The van der Waals surface area contributed by atoms with Crippen molar-refractivity contribution in [2.24, 2.45) is 5.10 Å². The SMILES string of the molecule is COC(=O)/C=N/NS(=O)(=O)c1cccc(N)c1. The summed E-state index contributed by atoms with van der Waals surface area (Å²) in [5, 5.41) is 3.24. The van der Waals surface area contributed by atoms with Crippen molar-refractivity contribution >= 4 is 27.9 Å². The van der Waals surface area contributed by atoms with Crippen molar-refractivity contribution < 1.29 is 17.9 Å². The molecular weight excluding hydrogens is 246 g/mol. The van der Waals surface area contributed by atoms with E-state index in [9.17, 15) is 13.2 Å². The number of methoxy groups -OCH3 is 1. The van der Waals surface area contributed by atoms with Crippen molar-refractivity contribution in [3.8, 4) is 0 Å². The molecule has 8 heteroatoms. The van der Waals surface area contributed by atoms with Gasteiger partial charge in [0.1, 0.15) is 6.21 Å².